The molecular formula is C17H21N3O3. The first-order valence-corrected chi connectivity index (χ1v) is 8.02. The molecule has 1 saturated heterocycles. The molecule has 0 spiro atoms. The van der Waals surface area contributed by atoms with Crippen LogP contribution >= 0.6 is 0 Å². The minimum atomic E-state index is -0.441. The zero-order valence-electron chi connectivity index (χ0n) is 12.9. The van der Waals surface area contributed by atoms with Crippen LogP contribution in [0.4, 0.5) is 4.79 Å². The molecule has 3 amide bonds. The number of nitrogens with one attached hydrogen (secondary N) is 3. The van der Waals surface area contributed by atoms with Crippen molar-refractivity contribution in [3.05, 3.63) is 36.1 Å². The molecule has 1 aliphatic heterocycles. The van der Waals surface area contributed by atoms with E-state index in [-0.39, 0.29) is 11.9 Å². The van der Waals surface area contributed by atoms with Crippen molar-refractivity contribution in [3.8, 4) is 0 Å². The lowest BCUT2D eigenvalue weighted by Crippen LogP contribution is -2.49. The molecule has 3 rings (SSSR count). The maximum atomic E-state index is 11.9. The standard InChI is InChI=1S/C17H21N3O3/c21-16-14(6-3-4-9-18-16)20-17(22)19-10-8-13-11-12-5-1-2-7-15(12)23-13/h1-2,5,7,11,14H,3-4,6,8-10H2,(H,18,21)(H2,19,20,22)/t14-/m0/s1. The van der Waals surface area contributed by atoms with Crippen LogP contribution < -0.4 is 16.0 Å². The Morgan fingerprint density at radius 2 is 2.17 bits per heavy atom. The van der Waals surface area contributed by atoms with Crippen LogP contribution in [0.1, 0.15) is 25.0 Å². The Morgan fingerprint density at radius 1 is 1.30 bits per heavy atom. The molecule has 122 valence electrons. The Morgan fingerprint density at radius 3 is 3.04 bits per heavy atom. The number of amides is 3. The third-order valence-electron chi connectivity index (χ3n) is 3.97. The lowest BCUT2D eigenvalue weighted by Gasteiger charge is -2.15. The number of rotatable bonds is 4. The number of hydrogen-bond donors (Lipinski definition) is 3. The molecule has 0 unspecified atom stereocenters. The predicted molar refractivity (Wildman–Crippen MR) is 87.1 cm³/mol. The van der Waals surface area contributed by atoms with Crippen LogP contribution in [-0.4, -0.2) is 31.1 Å². The molecule has 0 radical (unpaired) electrons. The molecule has 6 nitrogen and oxygen atoms in total. The van der Waals surface area contributed by atoms with Crippen molar-refractivity contribution in [2.24, 2.45) is 0 Å². The minimum absolute atomic E-state index is 0.102. The van der Waals surface area contributed by atoms with Gasteiger partial charge in [-0.15, -0.1) is 0 Å². The summed E-state index contributed by atoms with van der Waals surface area (Å²) in [7, 11) is 0. The second kappa shape index (κ2) is 7.17. The van der Waals surface area contributed by atoms with Crippen LogP contribution in [0.2, 0.25) is 0 Å². The van der Waals surface area contributed by atoms with E-state index in [0.29, 0.717) is 25.9 Å². The molecule has 0 bridgehead atoms. The van der Waals surface area contributed by atoms with E-state index in [1.54, 1.807) is 0 Å². The quantitative estimate of drug-likeness (QED) is 0.806. The van der Waals surface area contributed by atoms with Gasteiger partial charge in [-0.05, 0) is 31.4 Å². The zero-order valence-corrected chi connectivity index (χ0v) is 12.9. The Bertz CT molecular complexity index is 662. The van der Waals surface area contributed by atoms with Crippen molar-refractivity contribution in [3.63, 3.8) is 0 Å². The maximum absolute atomic E-state index is 11.9. The highest BCUT2D eigenvalue weighted by molar-refractivity contribution is 5.87. The van der Waals surface area contributed by atoms with Crippen LogP contribution in [0.25, 0.3) is 11.0 Å². The highest BCUT2D eigenvalue weighted by Gasteiger charge is 2.22. The molecule has 2 heterocycles. The normalized spacial score (nSPS) is 18.3. The number of hydrogen-bond acceptors (Lipinski definition) is 3. The molecule has 1 aromatic carbocycles. The Kier molecular flexibility index (Phi) is 4.80. The number of carbonyl (C=O) groups excluding carboxylic acids is 2. The van der Waals surface area contributed by atoms with E-state index >= 15 is 0 Å². The highest BCUT2D eigenvalue weighted by Crippen LogP contribution is 2.18. The summed E-state index contributed by atoms with van der Waals surface area (Å²) in [5.74, 6) is 0.730. The van der Waals surface area contributed by atoms with Gasteiger partial charge in [-0.25, -0.2) is 4.79 Å². The summed E-state index contributed by atoms with van der Waals surface area (Å²) < 4.78 is 5.70. The molecule has 1 aromatic heterocycles. The summed E-state index contributed by atoms with van der Waals surface area (Å²) in [6, 6.07) is 9.03. The summed E-state index contributed by atoms with van der Waals surface area (Å²) >= 11 is 0. The van der Waals surface area contributed by atoms with Gasteiger partial charge in [0.25, 0.3) is 0 Å². The lowest BCUT2D eigenvalue weighted by molar-refractivity contribution is -0.122. The van der Waals surface area contributed by atoms with Gasteiger partial charge in [0.1, 0.15) is 17.4 Å². The van der Waals surface area contributed by atoms with E-state index in [0.717, 1.165) is 29.6 Å². The van der Waals surface area contributed by atoms with Crippen molar-refractivity contribution in [1.29, 1.82) is 0 Å². The van der Waals surface area contributed by atoms with Crippen LogP contribution in [0, 0.1) is 0 Å². The monoisotopic (exact) mass is 315 g/mol. The van der Waals surface area contributed by atoms with Crippen molar-refractivity contribution in [2.75, 3.05) is 13.1 Å². The molecule has 0 saturated carbocycles. The SMILES string of the molecule is O=C(NCCc1cc2ccccc2o1)N[C@H]1CCCCNC1=O. The number of carbonyl (C=O) groups is 2. The topological polar surface area (TPSA) is 83.4 Å². The van der Waals surface area contributed by atoms with E-state index in [1.165, 1.54) is 0 Å². The molecule has 6 heteroatoms. The second-order valence-electron chi connectivity index (χ2n) is 5.74. The molecule has 0 aliphatic carbocycles. The first-order valence-electron chi connectivity index (χ1n) is 8.02. The lowest BCUT2D eigenvalue weighted by atomic mass is 10.1. The molecule has 1 aliphatic rings. The average molecular weight is 315 g/mol. The molecule has 2 aromatic rings. The van der Waals surface area contributed by atoms with Crippen molar-refractivity contribution in [2.45, 2.75) is 31.7 Å². The van der Waals surface area contributed by atoms with Crippen molar-refractivity contribution >= 4 is 22.9 Å². The van der Waals surface area contributed by atoms with Crippen molar-refractivity contribution < 1.29 is 14.0 Å². The van der Waals surface area contributed by atoms with E-state index in [2.05, 4.69) is 16.0 Å². The summed E-state index contributed by atoms with van der Waals surface area (Å²) in [5, 5.41) is 9.36. The van der Waals surface area contributed by atoms with Crippen LogP contribution in [-0.2, 0) is 11.2 Å². The van der Waals surface area contributed by atoms with Crippen molar-refractivity contribution in [1.82, 2.24) is 16.0 Å². The van der Waals surface area contributed by atoms with Crippen LogP contribution in [0.3, 0.4) is 0 Å². The van der Waals surface area contributed by atoms with Gasteiger partial charge in [0, 0.05) is 24.9 Å². The fraction of sp³-hybridized carbons (Fsp3) is 0.412. The summed E-state index contributed by atoms with van der Waals surface area (Å²) in [6.07, 6.45) is 3.18. The largest absolute Gasteiger partial charge is 0.461 e. The first kappa shape index (κ1) is 15.4. The number of urea groups is 1. The van der Waals surface area contributed by atoms with Gasteiger partial charge >= 0.3 is 6.03 Å². The first-order chi connectivity index (χ1) is 11.2. The third kappa shape index (κ3) is 4.03. The Labute approximate surface area is 134 Å². The number of para-hydroxylation sites is 1. The fourth-order valence-corrected chi connectivity index (χ4v) is 2.75. The number of fused-ring (bicyclic) bond motifs is 1. The molecule has 1 fully saturated rings. The van der Waals surface area contributed by atoms with Gasteiger partial charge in [-0.3, -0.25) is 4.79 Å². The van der Waals surface area contributed by atoms with Gasteiger partial charge in [0.15, 0.2) is 0 Å². The molecule has 3 N–H and O–H groups in total. The van der Waals surface area contributed by atoms with E-state index in [4.69, 9.17) is 4.42 Å². The minimum Gasteiger partial charge on any atom is -0.461 e. The summed E-state index contributed by atoms with van der Waals surface area (Å²) in [5.41, 5.74) is 0.849. The van der Waals surface area contributed by atoms with Gasteiger partial charge in [0.05, 0.1) is 0 Å². The van der Waals surface area contributed by atoms with Gasteiger partial charge < -0.3 is 20.4 Å². The number of furan rings is 1. The van der Waals surface area contributed by atoms with E-state index in [1.807, 2.05) is 30.3 Å². The highest BCUT2D eigenvalue weighted by atomic mass is 16.3. The number of benzene rings is 1. The summed E-state index contributed by atoms with van der Waals surface area (Å²) in [4.78, 5) is 23.7. The van der Waals surface area contributed by atoms with E-state index in [9.17, 15) is 9.59 Å². The van der Waals surface area contributed by atoms with Gasteiger partial charge in [0.2, 0.25) is 5.91 Å². The predicted octanol–water partition coefficient (Wildman–Crippen LogP) is 1.94. The fourth-order valence-electron chi connectivity index (χ4n) is 2.75. The second-order valence-corrected chi connectivity index (χ2v) is 5.74. The van der Waals surface area contributed by atoms with Gasteiger partial charge in [-0.2, -0.15) is 0 Å². The average Bonchev–Trinajstić information content (AvgIpc) is 2.85. The summed E-state index contributed by atoms with van der Waals surface area (Å²) in [6.45, 7) is 1.14. The maximum Gasteiger partial charge on any atom is 0.315 e. The Balaban J connectivity index is 1.46. The molecular weight excluding hydrogens is 294 g/mol. The van der Waals surface area contributed by atoms with E-state index < -0.39 is 6.04 Å². The molecule has 1 atom stereocenters. The van der Waals surface area contributed by atoms with Crippen LogP contribution in [0.5, 0.6) is 0 Å². The zero-order chi connectivity index (χ0) is 16.1. The third-order valence-corrected chi connectivity index (χ3v) is 3.97. The Hall–Kier alpha value is -2.50. The van der Waals surface area contributed by atoms with Crippen LogP contribution in [0.15, 0.2) is 34.7 Å². The van der Waals surface area contributed by atoms with Gasteiger partial charge in [-0.1, -0.05) is 18.2 Å². The smallest absolute Gasteiger partial charge is 0.315 e. The molecule has 23 heavy (non-hydrogen) atoms.